The molecule has 3 amide bonds. The third-order valence-corrected chi connectivity index (χ3v) is 3.62. The van der Waals surface area contributed by atoms with Crippen molar-refractivity contribution in [3.05, 3.63) is 53.1 Å². The molecule has 0 spiro atoms. The van der Waals surface area contributed by atoms with Crippen LogP contribution in [0.15, 0.2) is 42.5 Å². The van der Waals surface area contributed by atoms with E-state index in [0.29, 0.717) is 22.1 Å². The quantitative estimate of drug-likeness (QED) is 0.699. The topological polar surface area (TPSA) is 96.5 Å². The molecule has 8 heteroatoms. The van der Waals surface area contributed by atoms with Gasteiger partial charge in [-0.15, -0.1) is 0 Å². The Labute approximate surface area is 155 Å². The molecule has 7 nitrogen and oxygen atoms in total. The van der Waals surface area contributed by atoms with Crippen LogP contribution in [0.25, 0.3) is 0 Å². The van der Waals surface area contributed by atoms with Crippen LogP contribution in [0.5, 0.6) is 5.75 Å². The number of hydrogen-bond donors (Lipinski definition) is 3. The minimum absolute atomic E-state index is 0.340. The highest BCUT2D eigenvalue weighted by molar-refractivity contribution is 6.40. The number of carbonyl (C=O) groups is 3. The van der Waals surface area contributed by atoms with Crippen LogP contribution in [0.4, 0.5) is 11.4 Å². The second-order valence-electron chi connectivity index (χ2n) is 5.40. The van der Waals surface area contributed by atoms with E-state index in [1.165, 1.54) is 13.2 Å². The molecular weight excluding hydrogens is 358 g/mol. The first-order valence-electron chi connectivity index (χ1n) is 7.68. The van der Waals surface area contributed by atoms with E-state index < -0.39 is 17.7 Å². The van der Waals surface area contributed by atoms with Crippen LogP contribution in [-0.2, 0) is 14.4 Å². The van der Waals surface area contributed by atoms with Crippen LogP contribution in [0.2, 0.25) is 5.02 Å². The second-order valence-corrected chi connectivity index (χ2v) is 5.81. The molecule has 2 aromatic carbocycles. The van der Waals surface area contributed by atoms with Gasteiger partial charge in [0.05, 0.1) is 18.7 Å². The van der Waals surface area contributed by atoms with Gasteiger partial charge in [0.1, 0.15) is 5.75 Å². The van der Waals surface area contributed by atoms with Crippen LogP contribution in [0.3, 0.4) is 0 Å². The Hall–Kier alpha value is -3.06. The number of halogens is 1. The summed E-state index contributed by atoms with van der Waals surface area (Å²) in [4.78, 5) is 35.5. The minimum atomic E-state index is -0.908. The summed E-state index contributed by atoms with van der Waals surface area (Å²) >= 11 is 5.97. The Morgan fingerprint density at radius 2 is 1.73 bits per heavy atom. The van der Waals surface area contributed by atoms with Crippen molar-refractivity contribution in [2.24, 2.45) is 0 Å². The fourth-order valence-corrected chi connectivity index (χ4v) is 2.36. The van der Waals surface area contributed by atoms with Gasteiger partial charge in [-0.1, -0.05) is 23.7 Å². The summed E-state index contributed by atoms with van der Waals surface area (Å²) < 4.78 is 5.02. The predicted molar refractivity (Wildman–Crippen MR) is 99.5 cm³/mol. The lowest BCUT2D eigenvalue weighted by molar-refractivity contribution is -0.136. The lowest BCUT2D eigenvalue weighted by Crippen LogP contribution is -2.39. The molecule has 3 N–H and O–H groups in total. The van der Waals surface area contributed by atoms with Gasteiger partial charge in [0.15, 0.2) is 0 Å². The van der Waals surface area contributed by atoms with Crippen LogP contribution < -0.4 is 20.7 Å². The van der Waals surface area contributed by atoms with Crippen molar-refractivity contribution in [1.29, 1.82) is 0 Å². The Morgan fingerprint density at radius 1 is 1.00 bits per heavy atom. The van der Waals surface area contributed by atoms with Gasteiger partial charge in [0, 0.05) is 11.4 Å². The number of carbonyl (C=O) groups excluding carboxylic acids is 3. The molecule has 2 aromatic rings. The zero-order valence-electron chi connectivity index (χ0n) is 14.3. The molecule has 0 aromatic heterocycles. The van der Waals surface area contributed by atoms with Crippen molar-refractivity contribution >= 4 is 40.7 Å². The van der Waals surface area contributed by atoms with Gasteiger partial charge in [-0.05, 0) is 42.8 Å². The van der Waals surface area contributed by atoms with Gasteiger partial charge < -0.3 is 20.7 Å². The van der Waals surface area contributed by atoms with E-state index in [4.69, 9.17) is 16.3 Å². The molecule has 136 valence electrons. The Bertz CT molecular complexity index is 839. The van der Waals surface area contributed by atoms with Gasteiger partial charge in [-0.25, -0.2) is 0 Å². The normalized spacial score (nSPS) is 9.96. The molecule has 0 aliphatic carbocycles. The molecule has 2 rings (SSSR count). The molecule has 26 heavy (non-hydrogen) atoms. The SMILES string of the molecule is COc1ccc(NC(=O)CNC(=O)C(=O)Nc2cccc(C)c2)cc1Cl. The molecule has 0 bridgehead atoms. The Balaban J connectivity index is 1.83. The molecule has 0 saturated heterocycles. The standard InChI is InChI=1S/C18H18ClN3O4/c1-11-4-3-5-12(8-11)22-18(25)17(24)20-10-16(23)21-13-6-7-15(26-2)14(19)9-13/h3-9H,10H2,1-2H3,(H,20,24)(H,21,23)(H,22,25). The highest BCUT2D eigenvalue weighted by Crippen LogP contribution is 2.27. The molecule has 0 radical (unpaired) electrons. The van der Waals surface area contributed by atoms with Crippen LogP contribution >= 0.6 is 11.6 Å². The Morgan fingerprint density at radius 3 is 2.38 bits per heavy atom. The maximum atomic E-state index is 11.9. The first-order chi connectivity index (χ1) is 12.4. The van der Waals surface area contributed by atoms with Gasteiger partial charge >= 0.3 is 11.8 Å². The summed E-state index contributed by atoms with van der Waals surface area (Å²) in [6.45, 7) is 1.51. The summed E-state index contributed by atoms with van der Waals surface area (Å²) in [5.41, 5.74) is 1.89. The van der Waals surface area contributed by atoms with E-state index >= 15 is 0 Å². The number of benzene rings is 2. The predicted octanol–water partition coefficient (Wildman–Crippen LogP) is 2.35. The van der Waals surface area contributed by atoms with E-state index in [1.807, 2.05) is 13.0 Å². The lowest BCUT2D eigenvalue weighted by Gasteiger charge is -2.09. The van der Waals surface area contributed by atoms with Crippen molar-refractivity contribution in [1.82, 2.24) is 5.32 Å². The third-order valence-electron chi connectivity index (χ3n) is 3.33. The minimum Gasteiger partial charge on any atom is -0.495 e. The highest BCUT2D eigenvalue weighted by atomic mass is 35.5. The summed E-state index contributed by atoms with van der Waals surface area (Å²) in [5.74, 6) is -1.78. The fraction of sp³-hybridized carbons (Fsp3) is 0.167. The lowest BCUT2D eigenvalue weighted by atomic mass is 10.2. The monoisotopic (exact) mass is 375 g/mol. The van der Waals surface area contributed by atoms with Gasteiger partial charge in [0.25, 0.3) is 0 Å². The number of ether oxygens (including phenoxy) is 1. The van der Waals surface area contributed by atoms with Crippen molar-refractivity contribution in [3.8, 4) is 5.75 Å². The number of amides is 3. The number of rotatable bonds is 5. The number of methoxy groups -OCH3 is 1. The van der Waals surface area contributed by atoms with E-state index in [1.54, 1.807) is 30.3 Å². The molecule has 0 aliphatic rings. The molecule has 0 fully saturated rings. The van der Waals surface area contributed by atoms with E-state index in [2.05, 4.69) is 16.0 Å². The van der Waals surface area contributed by atoms with Crippen LogP contribution in [0.1, 0.15) is 5.56 Å². The summed E-state index contributed by atoms with van der Waals surface area (Å²) in [6.07, 6.45) is 0. The molecule has 0 aliphatic heterocycles. The molecule has 0 saturated carbocycles. The van der Waals surface area contributed by atoms with Gasteiger partial charge in [-0.3, -0.25) is 14.4 Å². The van der Waals surface area contributed by atoms with Crippen molar-refractivity contribution in [2.45, 2.75) is 6.92 Å². The van der Waals surface area contributed by atoms with E-state index in [0.717, 1.165) is 5.56 Å². The first kappa shape index (κ1) is 19.3. The van der Waals surface area contributed by atoms with Gasteiger partial charge in [0.2, 0.25) is 5.91 Å². The highest BCUT2D eigenvalue weighted by Gasteiger charge is 2.15. The maximum Gasteiger partial charge on any atom is 0.313 e. The molecule has 0 atom stereocenters. The number of anilines is 2. The molecular formula is C18H18ClN3O4. The number of nitrogens with one attached hydrogen (secondary N) is 3. The van der Waals surface area contributed by atoms with Gasteiger partial charge in [-0.2, -0.15) is 0 Å². The number of hydrogen-bond acceptors (Lipinski definition) is 4. The smallest absolute Gasteiger partial charge is 0.313 e. The van der Waals surface area contributed by atoms with Crippen LogP contribution in [-0.4, -0.2) is 31.4 Å². The van der Waals surface area contributed by atoms with Crippen molar-refractivity contribution in [3.63, 3.8) is 0 Å². The third kappa shape index (κ3) is 5.49. The van der Waals surface area contributed by atoms with E-state index in [9.17, 15) is 14.4 Å². The summed E-state index contributed by atoms with van der Waals surface area (Å²) in [5, 5.41) is 7.62. The van der Waals surface area contributed by atoms with Crippen molar-refractivity contribution < 1.29 is 19.1 Å². The largest absolute Gasteiger partial charge is 0.495 e. The second kappa shape index (κ2) is 8.87. The molecule has 0 unspecified atom stereocenters. The zero-order valence-corrected chi connectivity index (χ0v) is 15.0. The molecule has 0 heterocycles. The summed E-state index contributed by atoms with van der Waals surface area (Å²) in [6, 6.07) is 11.7. The average molecular weight is 376 g/mol. The van der Waals surface area contributed by atoms with E-state index in [-0.39, 0.29) is 6.54 Å². The maximum absolute atomic E-state index is 11.9. The number of aryl methyl sites for hydroxylation is 1. The Kier molecular flexibility index (Phi) is 6.57. The van der Waals surface area contributed by atoms with Crippen LogP contribution in [0, 0.1) is 6.92 Å². The first-order valence-corrected chi connectivity index (χ1v) is 8.06. The zero-order chi connectivity index (χ0) is 19.1. The van der Waals surface area contributed by atoms with Crippen molar-refractivity contribution in [2.75, 3.05) is 24.3 Å². The fourth-order valence-electron chi connectivity index (χ4n) is 2.10. The summed E-state index contributed by atoms with van der Waals surface area (Å²) in [7, 11) is 1.48. The average Bonchev–Trinajstić information content (AvgIpc) is 2.60.